The molecule has 0 saturated carbocycles. The van der Waals surface area contributed by atoms with Crippen molar-refractivity contribution < 1.29 is 4.39 Å². The second-order valence-corrected chi connectivity index (χ2v) is 7.78. The average molecular weight is 408 g/mol. The second kappa shape index (κ2) is 7.26. The minimum Gasteiger partial charge on any atom is -0.340 e. The highest BCUT2D eigenvalue weighted by molar-refractivity contribution is 6.31. The number of benzene rings is 1. The van der Waals surface area contributed by atoms with Crippen molar-refractivity contribution in [1.29, 1.82) is 0 Å². The van der Waals surface area contributed by atoms with Gasteiger partial charge in [0.25, 0.3) is 0 Å². The fraction of sp³-hybridized carbons (Fsp3) is 0.368. The molecule has 3 heterocycles. The van der Waals surface area contributed by atoms with Crippen molar-refractivity contribution in [3.63, 3.8) is 0 Å². The number of fused-ring (bicyclic) bond motifs is 1. The van der Waals surface area contributed by atoms with Crippen molar-refractivity contribution in [1.82, 2.24) is 14.5 Å². The summed E-state index contributed by atoms with van der Waals surface area (Å²) in [5.74, 6) is 0.749. The zero-order valence-corrected chi connectivity index (χ0v) is 16.3. The maximum absolute atomic E-state index is 13.9. The van der Waals surface area contributed by atoms with Crippen molar-refractivity contribution in [2.45, 2.75) is 31.6 Å². The molecule has 8 heteroatoms. The third kappa shape index (κ3) is 3.49. The third-order valence-electron chi connectivity index (χ3n) is 5.05. The standard InChI is InChI=1S/C19H20Cl2FN5/c1-11(16-4-3-13(21)9-24-16)27-18-8-12(20)2-5-17(18)25-19(27)26-7-6-14(22)15(23)10-26/h2-5,8-9,11,14-15H,6-7,10,23H2,1H3/t11?,14-,15-/m1/s1. The largest absolute Gasteiger partial charge is 0.340 e. The van der Waals surface area contributed by atoms with Gasteiger partial charge in [-0.25, -0.2) is 9.37 Å². The summed E-state index contributed by atoms with van der Waals surface area (Å²) in [5.41, 5.74) is 8.55. The fourth-order valence-corrected chi connectivity index (χ4v) is 3.84. The molecule has 0 spiro atoms. The molecule has 1 fully saturated rings. The molecule has 0 amide bonds. The van der Waals surface area contributed by atoms with Gasteiger partial charge in [-0.2, -0.15) is 0 Å². The summed E-state index contributed by atoms with van der Waals surface area (Å²) >= 11 is 12.2. The molecule has 1 aliphatic rings. The average Bonchev–Trinajstić information content (AvgIpc) is 3.02. The molecule has 2 aromatic heterocycles. The van der Waals surface area contributed by atoms with Gasteiger partial charge < -0.3 is 15.2 Å². The van der Waals surface area contributed by atoms with Crippen molar-refractivity contribution in [2.24, 2.45) is 5.73 Å². The Morgan fingerprint density at radius 2 is 2.00 bits per heavy atom. The van der Waals surface area contributed by atoms with Crippen LogP contribution in [0.4, 0.5) is 10.3 Å². The Kier molecular flexibility index (Phi) is 4.97. The van der Waals surface area contributed by atoms with Crippen LogP contribution in [0.5, 0.6) is 0 Å². The van der Waals surface area contributed by atoms with Crippen molar-refractivity contribution in [3.05, 3.63) is 52.3 Å². The van der Waals surface area contributed by atoms with Crippen molar-refractivity contribution in [3.8, 4) is 0 Å². The molecule has 0 aliphatic carbocycles. The number of imidazole rings is 1. The third-order valence-corrected chi connectivity index (χ3v) is 5.51. The van der Waals surface area contributed by atoms with Gasteiger partial charge in [-0.15, -0.1) is 0 Å². The van der Waals surface area contributed by atoms with E-state index >= 15 is 0 Å². The Hall–Kier alpha value is -1.89. The smallest absolute Gasteiger partial charge is 0.207 e. The second-order valence-electron chi connectivity index (χ2n) is 6.91. The predicted molar refractivity (Wildman–Crippen MR) is 108 cm³/mol. The lowest BCUT2D eigenvalue weighted by atomic mass is 10.1. The summed E-state index contributed by atoms with van der Waals surface area (Å²) in [4.78, 5) is 11.3. The minimum atomic E-state index is -0.983. The van der Waals surface area contributed by atoms with Crippen LogP contribution in [0, 0.1) is 0 Å². The van der Waals surface area contributed by atoms with E-state index in [1.165, 1.54) is 0 Å². The summed E-state index contributed by atoms with van der Waals surface area (Å²) in [7, 11) is 0. The van der Waals surface area contributed by atoms with E-state index in [1.54, 1.807) is 6.20 Å². The summed E-state index contributed by atoms with van der Waals surface area (Å²) in [5, 5.41) is 1.21. The van der Waals surface area contributed by atoms with Gasteiger partial charge in [0.2, 0.25) is 5.95 Å². The molecular weight excluding hydrogens is 388 g/mol. The van der Waals surface area contributed by atoms with E-state index in [1.807, 2.05) is 42.2 Å². The normalized spacial score (nSPS) is 21.6. The summed E-state index contributed by atoms with van der Waals surface area (Å²) < 4.78 is 16.0. The summed E-state index contributed by atoms with van der Waals surface area (Å²) in [6, 6.07) is 8.67. The molecule has 0 bridgehead atoms. The molecule has 1 unspecified atom stereocenters. The zero-order valence-electron chi connectivity index (χ0n) is 14.8. The van der Waals surface area contributed by atoms with Crippen LogP contribution in [0.2, 0.25) is 10.0 Å². The molecule has 142 valence electrons. The number of alkyl halides is 1. The highest BCUT2D eigenvalue weighted by Crippen LogP contribution is 2.33. The molecule has 3 aromatic rings. The maximum Gasteiger partial charge on any atom is 0.207 e. The van der Waals surface area contributed by atoms with Crippen LogP contribution in [0.3, 0.4) is 0 Å². The first kappa shape index (κ1) is 18.5. The van der Waals surface area contributed by atoms with Gasteiger partial charge >= 0.3 is 0 Å². The molecular formula is C19H20Cl2FN5. The molecule has 1 aliphatic heterocycles. The van der Waals surface area contributed by atoms with E-state index in [4.69, 9.17) is 33.9 Å². The van der Waals surface area contributed by atoms with Crippen LogP contribution in [-0.2, 0) is 0 Å². The van der Waals surface area contributed by atoms with Crippen LogP contribution in [0.15, 0.2) is 36.5 Å². The van der Waals surface area contributed by atoms with Crippen LogP contribution in [-0.4, -0.2) is 39.8 Å². The van der Waals surface area contributed by atoms with E-state index < -0.39 is 12.2 Å². The van der Waals surface area contributed by atoms with E-state index in [2.05, 4.69) is 9.55 Å². The number of halogens is 3. The van der Waals surface area contributed by atoms with Gasteiger partial charge in [0.1, 0.15) is 6.17 Å². The molecule has 4 rings (SSSR count). The number of pyridine rings is 1. The molecule has 0 radical (unpaired) electrons. The fourth-order valence-electron chi connectivity index (χ4n) is 3.56. The SMILES string of the molecule is CC(c1ccc(Cl)cn1)n1c(N2CC[C@@H](F)[C@H](N)C2)nc2ccc(Cl)cc21. The Morgan fingerprint density at radius 1 is 1.22 bits per heavy atom. The summed E-state index contributed by atoms with van der Waals surface area (Å²) in [6.07, 6.45) is 1.03. The van der Waals surface area contributed by atoms with Crippen LogP contribution in [0.25, 0.3) is 11.0 Å². The Labute approximate surface area is 166 Å². The maximum atomic E-state index is 13.9. The van der Waals surface area contributed by atoms with E-state index in [0.717, 1.165) is 22.7 Å². The van der Waals surface area contributed by atoms with Crippen LogP contribution < -0.4 is 10.6 Å². The minimum absolute atomic E-state index is 0.111. The number of nitrogens with two attached hydrogens (primary N) is 1. The molecule has 2 N–H and O–H groups in total. The number of hydrogen-bond donors (Lipinski definition) is 1. The number of aromatic nitrogens is 3. The predicted octanol–water partition coefficient (Wildman–Crippen LogP) is 4.22. The number of rotatable bonds is 3. The zero-order chi connectivity index (χ0) is 19.1. The van der Waals surface area contributed by atoms with E-state index in [9.17, 15) is 4.39 Å². The quantitative estimate of drug-likeness (QED) is 0.705. The lowest BCUT2D eigenvalue weighted by Crippen LogP contribution is -2.50. The van der Waals surface area contributed by atoms with Crippen LogP contribution in [0.1, 0.15) is 25.1 Å². The number of piperidine rings is 1. The Balaban J connectivity index is 1.83. The van der Waals surface area contributed by atoms with Gasteiger partial charge in [-0.1, -0.05) is 23.2 Å². The highest BCUT2D eigenvalue weighted by Gasteiger charge is 2.30. The molecule has 27 heavy (non-hydrogen) atoms. The van der Waals surface area contributed by atoms with Gasteiger partial charge in [-0.05, 0) is 43.7 Å². The first-order chi connectivity index (χ1) is 12.9. The number of nitrogens with zero attached hydrogens (tertiary/aromatic N) is 4. The van der Waals surface area contributed by atoms with E-state index in [0.29, 0.717) is 29.6 Å². The van der Waals surface area contributed by atoms with Gasteiger partial charge in [-0.3, -0.25) is 4.98 Å². The first-order valence-electron chi connectivity index (χ1n) is 8.87. The molecule has 5 nitrogen and oxygen atoms in total. The molecule has 3 atom stereocenters. The monoisotopic (exact) mass is 407 g/mol. The lowest BCUT2D eigenvalue weighted by Gasteiger charge is -2.34. The van der Waals surface area contributed by atoms with Crippen molar-refractivity contribution in [2.75, 3.05) is 18.0 Å². The van der Waals surface area contributed by atoms with Crippen molar-refractivity contribution >= 4 is 40.2 Å². The topological polar surface area (TPSA) is 60.0 Å². The van der Waals surface area contributed by atoms with Crippen LogP contribution >= 0.6 is 23.2 Å². The Bertz CT molecular complexity index is 959. The lowest BCUT2D eigenvalue weighted by molar-refractivity contribution is 0.243. The number of hydrogen-bond acceptors (Lipinski definition) is 4. The van der Waals surface area contributed by atoms with E-state index in [-0.39, 0.29) is 6.04 Å². The highest BCUT2D eigenvalue weighted by atomic mass is 35.5. The Morgan fingerprint density at radius 3 is 2.70 bits per heavy atom. The first-order valence-corrected chi connectivity index (χ1v) is 9.63. The summed E-state index contributed by atoms with van der Waals surface area (Å²) in [6.45, 7) is 3.02. The van der Waals surface area contributed by atoms with Gasteiger partial charge in [0.15, 0.2) is 0 Å². The molecule has 1 saturated heterocycles. The van der Waals surface area contributed by atoms with Gasteiger partial charge in [0, 0.05) is 24.3 Å². The number of anilines is 1. The molecule has 1 aromatic carbocycles. The van der Waals surface area contributed by atoms with Gasteiger partial charge in [0.05, 0.1) is 33.8 Å².